The van der Waals surface area contributed by atoms with Crippen molar-refractivity contribution < 1.29 is 41.8 Å². The van der Waals surface area contributed by atoms with Gasteiger partial charge in [-0.3, -0.25) is 19.2 Å². The number of carbonyl (C=O) groups excluding carboxylic acids is 3. The van der Waals surface area contributed by atoms with Gasteiger partial charge in [-0.15, -0.1) is 11.6 Å². The number of allylic oxidation sites excluding steroid dienone is 2. The number of ether oxygens (including phenoxy) is 1. The van der Waals surface area contributed by atoms with E-state index in [4.69, 9.17) is 16.3 Å². The molecule has 44 heavy (non-hydrogen) atoms. The summed E-state index contributed by atoms with van der Waals surface area (Å²) in [4.78, 5) is 50.9. The highest BCUT2D eigenvalue weighted by atomic mass is 35.5. The number of hydrogen-bond acceptors (Lipinski definition) is 8. The fourth-order valence-corrected chi connectivity index (χ4v) is 7.67. The van der Waals surface area contributed by atoms with Crippen molar-refractivity contribution in [3.05, 3.63) is 35.9 Å². The molecule has 0 saturated carbocycles. The molecule has 1 aromatic carbocycles. The average Bonchev–Trinajstić information content (AvgIpc) is 2.93. The quantitative estimate of drug-likeness (QED) is 0.156. The van der Waals surface area contributed by atoms with Gasteiger partial charge in [-0.1, -0.05) is 32.9 Å². The number of thioether (sulfide) groups is 1. The minimum Gasteiger partial charge on any atom is -0.494 e. The van der Waals surface area contributed by atoms with Gasteiger partial charge in [0.25, 0.3) is 0 Å². The Bertz CT molecular complexity index is 1310. The molecule has 2 amide bonds. The summed E-state index contributed by atoms with van der Waals surface area (Å²) >= 11 is 7.31. The number of carboxylic acid groups (broad SMARTS) is 1. The lowest BCUT2D eigenvalue weighted by molar-refractivity contribution is -0.140. The summed E-state index contributed by atoms with van der Waals surface area (Å²) in [5.41, 5.74) is 0.323. The molecule has 0 aliphatic heterocycles. The summed E-state index contributed by atoms with van der Waals surface area (Å²) in [6.45, 7) is 7.12. The number of sulfone groups is 1. The van der Waals surface area contributed by atoms with E-state index in [1.165, 1.54) is 18.2 Å². The molecule has 1 aromatic rings. The highest BCUT2D eigenvalue weighted by Gasteiger charge is 2.32. The van der Waals surface area contributed by atoms with Gasteiger partial charge < -0.3 is 20.5 Å². The standard InChI is InChI=1S/C30H42ClFN2O8S2/c1-5-12-44(40,41)20-10-11-26(42-6-2)19(13-20)14-27(36)34-29(18(3)4)30(39)33-24(15-28(37)38)25(35)17-43-16-21-22(31)8-7-9-23(21)32/h7-8,10-11,13,18,21-24,29H,5-6,9,12,14-17H2,1-4H3,(H,33,39)(H,34,36)(H,37,38)/t21?,22?,23?,24?,29-/m0/s1. The Morgan fingerprint density at radius 1 is 1.18 bits per heavy atom. The molecule has 0 heterocycles. The van der Waals surface area contributed by atoms with Crippen molar-refractivity contribution in [1.82, 2.24) is 10.6 Å². The van der Waals surface area contributed by atoms with Crippen LogP contribution in [0, 0.1) is 11.8 Å². The maximum Gasteiger partial charge on any atom is 0.305 e. The number of aliphatic carboxylic acids is 1. The number of rotatable bonds is 18. The molecular weight excluding hydrogens is 635 g/mol. The summed E-state index contributed by atoms with van der Waals surface area (Å²) in [5.74, 6) is -3.79. The molecule has 3 N–H and O–H groups in total. The number of nitrogens with one attached hydrogen (secondary N) is 2. The molecule has 2 rings (SSSR count). The number of carbonyl (C=O) groups is 4. The Balaban J connectivity index is 2.13. The first-order chi connectivity index (χ1) is 20.7. The van der Waals surface area contributed by atoms with Crippen LogP contribution in [0.25, 0.3) is 0 Å². The molecule has 0 saturated heterocycles. The van der Waals surface area contributed by atoms with Crippen molar-refractivity contribution in [2.75, 3.05) is 23.9 Å². The number of ketones is 1. The lowest BCUT2D eigenvalue weighted by Crippen LogP contribution is -2.54. The molecule has 1 aliphatic rings. The van der Waals surface area contributed by atoms with E-state index < -0.39 is 75.3 Å². The number of carboxylic acids is 1. The summed E-state index contributed by atoms with van der Waals surface area (Å²) in [6.07, 6.45) is 1.93. The smallest absolute Gasteiger partial charge is 0.305 e. The van der Waals surface area contributed by atoms with Gasteiger partial charge in [-0.05, 0) is 43.9 Å². The van der Waals surface area contributed by atoms with Crippen molar-refractivity contribution in [2.45, 2.75) is 81.9 Å². The van der Waals surface area contributed by atoms with E-state index in [0.29, 0.717) is 17.7 Å². The molecule has 246 valence electrons. The van der Waals surface area contributed by atoms with Crippen LogP contribution >= 0.6 is 23.4 Å². The topological polar surface area (TPSA) is 156 Å². The van der Waals surface area contributed by atoms with Gasteiger partial charge in [-0.2, -0.15) is 11.8 Å². The molecule has 1 aliphatic carbocycles. The zero-order valence-corrected chi connectivity index (χ0v) is 27.8. The van der Waals surface area contributed by atoms with Crippen molar-refractivity contribution in [1.29, 1.82) is 0 Å². The monoisotopic (exact) mass is 676 g/mol. The van der Waals surface area contributed by atoms with E-state index in [9.17, 15) is 37.1 Å². The Kier molecular flexibility index (Phi) is 15.1. The molecule has 0 radical (unpaired) electrons. The van der Waals surface area contributed by atoms with Crippen LogP contribution in [0.2, 0.25) is 0 Å². The minimum absolute atomic E-state index is 0.0557. The number of halogens is 2. The van der Waals surface area contributed by atoms with Crippen LogP contribution in [-0.4, -0.2) is 84.6 Å². The first-order valence-corrected chi connectivity index (χ1v) is 17.8. The first-order valence-electron chi connectivity index (χ1n) is 14.5. The average molecular weight is 677 g/mol. The number of alkyl halides is 2. The highest BCUT2D eigenvalue weighted by Crippen LogP contribution is 2.30. The second-order valence-corrected chi connectivity index (χ2v) is 14.6. The lowest BCUT2D eigenvalue weighted by Gasteiger charge is -2.27. The minimum atomic E-state index is -3.56. The molecule has 5 atom stereocenters. The molecule has 10 nitrogen and oxygen atoms in total. The molecule has 14 heteroatoms. The number of Topliss-reactive ketones (excluding diaryl/α,β-unsaturated/α-hetero) is 1. The zero-order chi connectivity index (χ0) is 33.0. The van der Waals surface area contributed by atoms with Crippen LogP contribution in [0.4, 0.5) is 4.39 Å². The van der Waals surface area contributed by atoms with E-state index in [1.54, 1.807) is 39.8 Å². The van der Waals surface area contributed by atoms with Crippen LogP contribution < -0.4 is 15.4 Å². The third-order valence-corrected chi connectivity index (χ3v) is 10.5. The molecule has 4 unspecified atom stereocenters. The van der Waals surface area contributed by atoms with Gasteiger partial charge in [0.1, 0.15) is 18.0 Å². The van der Waals surface area contributed by atoms with Crippen LogP contribution in [0.1, 0.15) is 52.5 Å². The zero-order valence-electron chi connectivity index (χ0n) is 25.4. The molecule has 0 bridgehead atoms. The predicted octanol–water partition coefficient (Wildman–Crippen LogP) is 3.74. The second kappa shape index (κ2) is 17.7. The molecule has 0 fully saturated rings. The van der Waals surface area contributed by atoms with Crippen LogP contribution in [0.5, 0.6) is 5.75 Å². The summed E-state index contributed by atoms with van der Waals surface area (Å²) in [7, 11) is -3.56. The van der Waals surface area contributed by atoms with Crippen molar-refractivity contribution in [2.24, 2.45) is 11.8 Å². The summed E-state index contributed by atoms with van der Waals surface area (Å²) in [5, 5.41) is 14.0. The Morgan fingerprint density at radius 2 is 1.89 bits per heavy atom. The first kappa shape index (κ1) is 37.5. The maximum absolute atomic E-state index is 14.3. The summed E-state index contributed by atoms with van der Waals surface area (Å²) < 4.78 is 45.1. The third kappa shape index (κ3) is 11.4. The van der Waals surface area contributed by atoms with E-state index in [-0.39, 0.29) is 41.6 Å². The second-order valence-electron chi connectivity index (χ2n) is 10.9. The van der Waals surface area contributed by atoms with Crippen molar-refractivity contribution >= 4 is 56.8 Å². The molecule has 0 spiro atoms. The summed E-state index contributed by atoms with van der Waals surface area (Å²) in [6, 6.07) is 1.82. The van der Waals surface area contributed by atoms with E-state index in [0.717, 1.165) is 11.8 Å². The van der Waals surface area contributed by atoms with E-state index in [1.807, 2.05) is 0 Å². The molecule has 0 aromatic heterocycles. The van der Waals surface area contributed by atoms with Gasteiger partial charge in [-0.25, -0.2) is 12.8 Å². The third-order valence-electron chi connectivity index (χ3n) is 6.97. The van der Waals surface area contributed by atoms with Crippen LogP contribution in [-0.2, 0) is 35.4 Å². The fraction of sp³-hybridized carbons (Fsp3) is 0.600. The molecular formula is C30H42ClFN2O8S2. The number of hydrogen-bond donors (Lipinski definition) is 3. The maximum atomic E-state index is 14.3. The normalized spacial score (nSPS) is 19.7. The van der Waals surface area contributed by atoms with Gasteiger partial charge in [0.2, 0.25) is 11.8 Å². The van der Waals surface area contributed by atoms with Crippen LogP contribution in [0.3, 0.4) is 0 Å². The fourth-order valence-electron chi connectivity index (χ4n) is 4.63. The Labute approximate surface area is 267 Å². The Hall–Kier alpha value is -2.64. The Morgan fingerprint density at radius 3 is 2.48 bits per heavy atom. The van der Waals surface area contributed by atoms with Gasteiger partial charge in [0.15, 0.2) is 15.6 Å². The van der Waals surface area contributed by atoms with Crippen molar-refractivity contribution in [3.8, 4) is 5.75 Å². The number of amides is 2. The SMILES string of the molecule is CCCS(=O)(=O)c1ccc(OCC)c(CC(=O)N[C@H](C(=O)NC(CC(=O)O)C(=O)CSCC2C(Cl)C=CCC2F)C(C)C)c1. The van der Waals surface area contributed by atoms with Crippen LogP contribution in [0.15, 0.2) is 35.2 Å². The van der Waals surface area contributed by atoms with E-state index in [2.05, 4.69) is 10.6 Å². The largest absolute Gasteiger partial charge is 0.494 e. The highest BCUT2D eigenvalue weighted by molar-refractivity contribution is 7.99. The van der Waals surface area contributed by atoms with Gasteiger partial charge >= 0.3 is 5.97 Å². The van der Waals surface area contributed by atoms with E-state index >= 15 is 0 Å². The van der Waals surface area contributed by atoms with Crippen molar-refractivity contribution in [3.63, 3.8) is 0 Å². The van der Waals surface area contributed by atoms with Gasteiger partial charge in [0, 0.05) is 17.2 Å². The predicted molar refractivity (Wildman–Crippen MR) is 169 cm³/mol. The number of benzene rings is 1. The lowest BCUT2D eigenvalue weighted by atomic mass is 9.94. The van der Waals surface area contributed by atoms with Gasteiger partial charge in [0.05, 0.1) is 47.3 Å².